The number of carbonyl (C=O) groups excluding carboxylic acids is 1. The van der Waals surface area contributed by atoms with E-state index >= 15 is 0 Å². The Hall–Kier alpha value is -1.58. The van der Waals surface area contributed by atoms with E-state index in [1.54, 1.807) is 18.3 Å². The van der Waals surface area contributed by atoms with Gasteiger partial charge in [0.25, 0.3) is 0 Å². The average molecular weight is 180 g/mol. The molecule has 0 amide bonds. The van der Waals surface area contributed by atoms with Gasteiger partial charge in [0.05, 0.1) is 13.5 Å². The number of aromatic nitrogens is 2. The Labute approximate surface area is 76.8 Å². The first-order valence-corrected chi connectivity index (χ1v) is 3.94. The van der Waals surface area contributed by atoms with Crippen LogP contribution in [0.3, 0.4) is 0 Å². The standard InChI is InChI=1S/C9H12N2O2/c1-11-7-6-10-8(11)4-3-5-9(12)13-2/h3-4,6-7H,5H2,1-2H3. The predicted molar refractivity (Wildman–Crippen MR) is 48.9 cm³/mol. The van der Waals surface area contributed by atoms with Gasteiger partial charge in [-0.1, -0.05) is 6.08 Å². The second kappa shape index (κ2) is 4.45. The summed E-state index contributed by atoms with van der Waals surface area (Å²) in [6, 6.07) is 0. The molecule has 1 heterocycles. The molecule has 1 aromatic heterocycles. The van der Waals surface area contributed by atoms with Crippen molar-refractivity contribution in [3.8, 4) is 0 Å². The van der Waals surface area contributed by atoms with Crippen molar-refractivity contribution in [1.82, 2.24) is 9.55 Å². The largest absolute Gasteiger partial charge is 0.469 e. The Bertz CT molecular complexity index is 315. The summed E-state index contributed by atoms with van der Waals surface area (Å²) in [6.45, 7) is 0. The first-order chi connectivity index (χ1) is 6.24. The fourth-order valence-corrected chi connectivity index (χ4v) is 0.882. The van der Waals surface area contributed by atoms with E-state index in [2.05, 4.69) is 9.72 Å². The van der Waals surface area contributed by atoms with Crippen LogP contribution in [0.5, 0.6) is 0 Å². The number of methoxy groups -OCH3 is 1. The maximum atomic E-state index is 10.7. The van der Waals surface area contributed by atoms with E-state index in [0.717, 1.165) is 5.82 Å². The van der Waals surface area contributed by atoms with E-state index in [4.69, 9.17) is 0 Å². The third-order valence-corrected chi connectivity index (χ3v) is 1.64. The van der Waals surface area contributed by atoms with E-state index < -0.39 is 0 Å². The number of ether oxygens (including phenoxy) is 1. The van der Waals surface area contributed by atoms with Gasteiger partial charge in [-0.3, -0.25) is 4.79 Å². The fraction of sp³-hybridized carbons (Fsp3) is 0.333. The first-order valence-electron chi connectivity index (χ1n) is 3.94. The van der Waals surface area contributed by atoms with E-state index in [9.17, 15) is 4.79 Å². The number of hydrogen-bond donors (Lipinski definition) is 0. The van der Waals surface area contributed by atoms with Crippen molar-refractivity contribution < 1.29 is 9.53 Å². The second-order valence-corrected chi connectivity index (χ2v) is 2.58. The van der Waals surface area contributed by atoms with Crippen molar-refractivity contribution >= 4 is 12.0 Å². The van der Waals surface area contributed by atoms with Gasteiger partial charge >= 0.3 is 5.97 Å². The highest BCUT2D eigenvalue weighted by atomic mass is 16.5. The van der Waals surface area contributed by atoms with Gasteiger partial charge in [-0.2, -0.15) is 0 Å². The molecule has 0 aliphatic carbocycles. The summed E-state index contributed by atoms with van der Waals surface area (Å²) in [5.41, 5.74) is 0. The Balaban J connectivity index is 2.50. The summed E-state index contributed by atoms with van der Waals surface area (Å²) >= 11 is 0. The number of esters is 1. The third-order valence-electron chi connectivity index (χ3n) is 1.64. The minimum absolute atomic E-state index is 0.245. The second-order valence-electron chi connectivity index (χ2n) is 2.58. The number of carbonyl (C=O) groups is 1. The van der Waals surface area contributed by atoms with Gasteiger partial charge < -0.3 is 9.30 Å². The molecule has 0 saturated heterocycles. The van der Waals surface area contributed by atoms with Gasteiger partial charge in [0, 0.05) is 19.4 Å². The topological polar surface area (TPSA) is 44.1 Å². The monoisotopic (exact) mass is 180 g/mol. The van der Waals surface area contributed by atoms with Crippen molar-refractivity contribution in [2.75, 3.05) is 7.11 Å². The van der Waals surface area contributed by atoms with Crippen LogP contribution in [0.4, 0.5) is 0 Å². The number of imidazole rings is 1. The number of rotatable bonds is 3. The van der Waals surface area contributed by atoms with E-state index in [0.29, 0.717) is 0 Å². The normalized spacial score (nSPS) is 10.6. The molecule has 0 radical (unpaired) electrons. The SMILES string of the molecule is COC(=O)CC=Cc1nccn1C. The molecule has 0 spiro atoms. The summed E-state index contributed by atoms with van der Waals surface area (Å²) in [6.07, 6.45) is 7.35. The van der Waals surface area contributed by atoms with Crippen LogP contribution in [0.15, 0.2) is 18.5 Å². The number of nitrogens with zero attached hydrogens (tertiary/aromatic N) is 2. The maximum Gasteiger partial charge on any atom is 0.309 e. The average Bonchev–Trinajstić information content (AvgIpc) is 2.52. The molecular weight excluding hydrogens is 168 g/mol. The van der Waals surface area contributed by atoms with E-state index in [1.807, 2.05) is 17.8 Å². The van der Waals surface area contributed by atoms with Gasteiger partial charge in [-0.05, 0) is 6.08 Å². The molecule has 1 rings (SSSR count). The molecule has 0 aliphatic rings. The smallest absolute Gasteiger partial charge is 0.309 e. The van der Waals surface area contributed by atoms with Gasteiger partial charge in [0.15, 0.2) is 0 Å². The Morgan fingerprint density at radius 2 is 2.54 bits per heavy atom. The molecule has 0 aliphatic heterocycles. The molecule has 0 N–H and O–H groups in total. The van der Waals surface area contributed by atoms with Crippen LogP contribution in [-0.2, 0) is 16.6 Å². The molecule has 4 heteroatoms. The summed E-state index contributed by atoms with van der Waals surface area (Å²) in [7, 11) is 3.27. The van der Waals surface area contributed by atoms with Gasteiger partial charge in [0.2, 0.25) is 0 Å². The molecule has 0 saturated carbocycles. The zero-order valence-electron chi connectivity index (χ0n) is 7.73. The minimum Gasteiger partial charge on any atom is -0.469 e. The third kappa shape index (κ3) is 2.74. The summed E-state index contributed by atoms with van der Waals surface area (Å²) in [4.78, 5) is 14.8. The minimum atomic E-state index is -0.245. The maximum absolute atomic E-state index is 10.7. The lowest BCUT2D eigenvalue weighted by atomic mass is 10.4. The molecule has 0 aromatic carbocycles. The van der Waals surface area contributed by atoms with Crippen molar-refractivity contribution in [2.45, 2.75) is 6.42 Å². The summed E-state index contributed by atoms with van der Waals surface area (Å²) < 4.78 is 6.35. The highest BCUT2D eigenvalue weighted by Crippen LogP contribution is 1.98. The molecule has 4 nitrogen and oxygen atoms in total. The Kier molecular flexibility index (Phi) is 3.25. The quantitative estimate of drug-likeness (QED) is 0.652. The van der Waals surface area contributed by atoms with Crippen LogP contribution in [-0.4, -0.2) is 22.6 Å². The predicted octanol–water partition coefficient (Wildman–Crippen LogP) is 0.996. The van der Waals surface area contributed by atoms with Crippen LogP contribution < -0.4 is 0 Å². The van der Waals surface area contributed by atoms with Crippen LogP contribution in [0.25, 0.3) is 6.08 Å². The summed E-state index contributed by atoms with van der Waals surface area (Å²) in [5, 5.41) is 0. The first kappa shape index (κ1) is 9.51. The molecule has 0 fully saturated rings. The number of hydrogen-bond acceptors (Lipinski definition) is 3. The van der Waals surface area contributed by atoms with Crippen LogP contribution in [0.1, 0.15) is 12.2 Å². The van der Waals surface area contributed by atoms with Gasteiger partial charge in [-0.15, -0.1) is 0 Å². The molecule has 70 valence electrons. The van der Waals surface area contributed by atoms with E-state index in [-0.39, 0.29) is 12.4 Å². The van der Waals surface area contributed by atoms with Crippen molar-refractivity contribution in [1.29, 1.82) is 0 Å². The van der Waals surface area contributed by atoms with Crippen molar-refractivity contribution in [3.05, 3.63) is 24.3 Å². The highest BCUT2D eigenvalue weighted by molar-refractivity contribution is 5.72. The molecule has 1 aromatic rings. The highest BCUT2D eigenvalue weighted by Gasteiger charge is 1.95. The zero-order valence-corrected chi connectivity index (χ0v) is 7.73. The van der Waals surface area contributed by atoms with Crippen LogP contribution >= 0.6 is 0 Å². The van der Waals surface area contributed by atoms with Crippen LogP contribution in [0.2, 0.25) is 0 Å². The summed E-state index contributed by atoms with van der Waals surface area (Å²) in [5.74, 6) is 0.578. The van der Waals surface area contributed by atoms with Gasteiger partial charge in [0.1, 0.15) is 5.82 Å². The van der Waals surface area contributed by atoms with Crippen LogP contribution in [0, 0.1) is 0 Å². The molecule has 13 heavy (non-hydrogen) atoms. The van der Waals surface area contributed by atoms with E-state index in [1.165, 1.54) is 7.11 Å². The molecule has 0 bridgehead atoms. The van der Waals surface area contributed by atoms with Gasteiger partial charge in [-0.25, -0.2) is 4.98 Å². The fourth-order valence-electron chi connectivity index (χ4n) is 0.882. The number of aryl methyl sites for hydroxylation is 1. The molecular formula is C9H12N2O2. The van der Waals surface area contributed by atoms with Crippen molar-refractivity contribution in [2.24, 2.45) is 7.05 Å². The molecule has 0 unspecified atom stereocenters. The molecule has 0 atom stereocenters. The lowest BCUT2D eigenvalue weighted by Crippen LogP contribution is -1.97. The Morgan fingerprint density at radius 1 is 1.77 bits per heavy atom. The Morgan fingerprint density at radius 3 is 3.08 bits per heavy atom. The lowest BCUT2D eigenvalue weighted by Gasteiger charge is -1.94. The zero-order chi connectivity index (χ0) is 9.68. The lowest BCUT2D eigenvalue weighted by molar-refractivity contribution is -0.139. The van der Waals surface area contributed by atoms with Crippen molar-refractivity contribution in [3.63, 3.8) is 0 Å².